The molecule has 2 N–H and O–H groups in total. The van der Waals surface area contributed by atoms with Crippen LogP contribution in [-0.4, -0.2) is 24.9 Å². The van der Waals surface area contributed by atoms with E-state index in [4.69, 9.17) is 0 Å². The van der Waals surface area contributed by atoms with Gasteiger partial charge >= 0.3 is 0 Å². The number of carbonyl (C=O) groups is 2. The summed E-state index contributed by atoms with van der Waals surface area (Å²) in [5.74, 6) is 0.963. The Kier molecular flexibility index (Phi) is 9.09. The highest BCUT2D eigenvalue weighted by Crippen LogP contribution is 2.27. The first kappa shape index (κ1) is 17.0. The average Bonchev–Trinajstić information content (AvgIpc) is 2.48. The molecule has 0 aromatic heterocycles. The Morgan fingerprint density at radius 1 is 0.950 bits per heavy atom. The smallest absolute Gasteiger partial charge is 0.220 e. The monoisotopic (exact) mass is 282 g/mol. The number of carbonyl (C=O) groups excluding carboxylic acids is 2. The minimum Gasteiger partial charge on any atom is -0.354 e. The third kappa shape index (κ3) is 8.18. The first-order valence-corrected chi connectivity index (χ1v) is 8.25. The molecular formula is C16H30N2O2. The largest absolute Gasteiger partial charge is 0.354 e. The van der Waals surface area contributed by atoms with Gasteiger partial charge in [0.1, 0.15) is 0 Å². The molecule has 116 valence electrons. The van der Waals surface area contributed by atoms with Crippen LogP contribution in [0.15, 0.2) is 0 Å². The zero-order valence-corrected chi connectivity index (χ0v) is 12.9. The Labute approximate surface area is 123 Å². The molecule has 4 nitrogen and oxygen atoms in total. The lowest BCUT2D eigenvalue weighted by molar-refractivity contribution is -0.123. The van der Waals surface area contributed by atoms with Crippen LogP contribution in [0.5, 0.6) is 0 Å². The molecule has 0 heterocycles. The van der Waals surface area contributed by atoms with Crippen molar-refractivity contribution in [1.82, 2.24) is 10.6 Å². The van der Waals surface area contributed by atoms with Gasteiger partial charge in [-0.2, -0.15) is 0 Å². The van der Waals surface area contributed by atoms with Crippen LogP contribution in [0.4, 0.5) is 0 Å². The summed E-state index contributed by atoms with van der Waals surface area (Å²) < 4.78 is 0. The quantitative estimate of drug-likeness (QED) is 0.639. The third-order valence-electron chi connectivity index (χ3n) is 4.03. The molecule has 2 amide bonds. The van der Waals surface area contributed by atoms with Gasteiger partial charge in [0, 0.05) is 25.9 Å². The van der Waals surface area contributed by atoms with Gasteiger partial charge in [-0.05, 0) is 18.8 Å². The van der Waals surface area contributed by atoms with Crippen molar-refractivity contribution in [2.75, 3.05) is 13.1 Å². The summed E-state index contributed by atoms with van der Waals surface area (Å²) in [5.41, 5.74) is 0. The highest BCUT2D eigenvalue weighted by Gasteiger charge is 2.14. The minimum atomic E-state index is 0.0864. The first-order valence-electron chi connectivity index (χ1n) is 8.25. The molecule has 0 bridgehead atoms. The Balaban J connectivity index is 1.95. The van der Waals surface area contributed by atoms with Crippen molar-refractivity contribution in [3.63, 3.8) is 0 Å². The van der Waals surface area contributed by atoms with Crippen LogP contribution in [0, 0.1) is 5.92 Å². The molecule has 1 aliphatic rings. The van der Waals surface area contributed by atoms with Crippen LogP contribution in [0.2, 0.25) is 0 Å². The van der Waals surface area contributed by atoms with Crippen molar-refractivity contribution >= 4 is 11.8 Å². The highest BCUT2D eigenvalue weighted by atomic mass is 16.2. The second kappa shape index (κ2) is 10.7. The van der Waals surface area contributed by atoms with E-state index in [0.29, 0.717) is 25.9 Å². The normalized spacial score (nSPS) is 15.8. The Morgan fingerprint density at radius 3 is 2.15 bits per heavy atom. The molecule has 0 unspecified atom stereocenters. The van der Waals surface area contributed by atoms with Crippen molar-refractivity contribution in [1.29, 1.82) is 0 Å². The molecule has 20 heavy (non-hydrogen) atoms. The second-order valence-electron chi connectivity index (χ2n) is 5.85. The molecule has 0 aromatic carbocycles. The standard InChI is InChI=1S/C16H30N2O2/c1-2-3-9-15(19)17-12-13-18-16(20)11-10-14-7-5-4-6-8-14/h14H,2-13H2,1H3,(H,17,19)(H,18,20). The molecule has 0 radical (unpaired) electrons. The lowest BCUT2D eigenvalue weighted by Crippen LogP contribution is -2.34. The van der Waals surface area contributed by atoms with Gasteiger partial charge in [-0.15, -0.1) is 0 Å². The predicted molar refractivity (Wildman–Crippen MR) is 81.4 cm³/mol. The van der Waals surface area contributed by atoms with Gasteiger partial charge in [-0.25, -0.2) is 0 Å². The van der Waals surface area contributed by atoms with Gasteiger partial charge in [-0.1, -0.05) is 45.4 Å². The zero-order valence-electron chi connectivity index (χ0n) is 12.9. The molecule has 0 saturated heterocycles. The van der Waals surface area contributed by atoms with E-state index < -0.39 is 0 Å². The summed E-state index contributed by atoms with van der Waals surface area (Å²) in [6, 6.07) is 0. The summed E-state index contributed by atoms with van der Waals surface area (Å²) in [6.45, 7) is 3.15. The van der Waals surface area contributed by atoms with E-state index >= 15 is 0 Å². The third-order valence-corrected chi connectivity index (χ3v) is 4.03. The van der Waals surface area contributed by atoms with Gasteiger partial charge in [0.15, 0.2) is 0 Å². The van der Waals surface area contributed by atoms with Crippen molar-refractivity contribution in [2.24, 2.45) is 5.92 Å². The molecule has 4 heteroatoms. The fourth-order valence-corrected chi connectivity index (χ4v) is 2.73. The van der Waals surface area contributed by atoms with Gasteiger partial charge in [0.2, 0.25) is 11.8 Å². The van der Waals surface area contributed by atoms with Gasteiger partial charge < -0.3 is 10.6 Å². The predicted octanol–water partition coefficient (Wildman–Crippen LogP) is 2.77. The van der Waals surface area contributed by atoms with Crippen molar-refractivity contribution in [3.8, 4) is 0 Å². The molecular weight excluding hydrogens is 252 g/mol. The maximum atomic E-state index is 11.7. The maximum absolute atomic E-state index is 11.7. The Morgan fingerprint density at radius 2 is 1.55 bits per heavy atom. The lowest BCUT2D eigenvalue weighted by atomic mass is 9.86. The zero-order chi connectivity index (χ0) is 14.6. The van der Waals surface area contributed by atoms with Crippen LogP contribution in [-0.2, 0) is 9.59 Å². The molecule has 1 rings (SSSR count). The van der Waals surface area contributed by atoms with Gasteiger partial charge in [-0.3, -0.25) is 9.59 Å². The van der Waals surface area contributed by atoms with Crippen molar-refractivity contribution in [3.05, 3.63) is 0 Å². The van der Waals surface area contributed by atoms with Crippen LogP contribution in [0.3, 0.4) is 0 Å². The van der Waals surface area contributed by atoms with E-state index in [1.165, 1.54) is 32.1 Å². The highest BCUT2D eigenvalue weighted by molar-refractivity contribution is 5.77. The van der Waals surface area contributed by atoms with Crippen molar-refractivity contribution < 1.29 is 9.59 Å². The van der Waals surface area contributed by atoms with Crippen LogP contribution in [0.25, 0.3) is 0 Å². The topological polar surface area (TPSA) is 58.2 Å². The molecule has 1 fully saturated rings. The minimum absolute atomic E-state index is 0.0864. The van der Waals surface area contributed by atoms with Crippen LogP contribution in [0.1, 0.15) is 71.1 Å². The molecule has 0 aromatic rings. The number of hydrogen-bond acceptors (Lipinski definition) is 2. The van der Waals surface area contributed by atoms with Gasteiger partial charge in [0.05, 0.1) is 0 Å². The first-order chi connectivity index (χ1) is 9.72. The summed E-state index contributed by atoms with van der Waals surface area (Å²) in [6.07, 6.45) is 10.8. The van der Waals surface area contributed by atoms with Crippen LogP contribution >= 0.6 is 0 Å². The number of nitrogens with one attached hydrogen (secondary N) is 2. The number of amides is 2. The van der Waals surface area contributed by atoms with E-state index in [2.05, 4.69) is 17.6 Å². The Hall–Kier alpha value is -1.06. The molecule has 0 aliphatic heterocycles. The molecule has 1 aliphatic carbocycles. The molecule has 0 atom stereocenters. The Bertz CT molecular complexity index is 286. The fourth-order valence-electron chi connectivity index (χ4n) is 2.73. The average molecular weight is 282 g/mol. The summed E-state index contributed by atoms with van der Waals surface area (Å²) in [7, 11) is 0. The fraction of sp³-hybridized carbons (Fsp3) is 0.875. The van der Waals surface area contributed by atoms with Gasteiger partial charge in [0.25, 0.3) is 0 Å². The summed E-state index contributed by atoms with van der Waals surface area (Å²) >= 11 is 0. The maximum Gasteiger partial charge on any atom is 0.220 e. The molecule has 0 spiro atoms. The van der Waals surface area contributed by atoms with E-state index in [1.54, 1.807) is 0 Å². The number of hydrogen-bond donors (Lipinski definition) is 2. The van der Waals surface area contributed by atoms with E-state index in [0.717, 1.165) is 25.2 Å². The number of unbranched alkanes of at least 4 members (excludes halogenated alkanes) is 1. The van der Waals surface area contributed by atoms with Crippen LogP contribution < -0.4 is 10.6 Å². The van der Waals surface area contributed by atoms with E-state index in [1.807, 2.05) is 0 Å². The summed E-state index contributed by atoms with van der Waals surface area (Å²) in [5, 5.41) is 5.70. The second-order valence-corrected chi connectivity index (χ2v) is 5.85. The SMILES string of the molecule is CCCCC(=O)NCCNC(=O)CCC1CCCCC1. The number of rotatable bonds is 9. The summed E-state index contributed by atoms with van der Waals surface area (Å²) in [4.78, 5) is 23.0. The van der Waals surface area contributed by atoms with Crippen molar-refractivity contribution in [2.45, 2.75) is 71.1 Å². The van der Waals surface area contributed by atoms with E-state index in [9.17, 15) is 9.59 Å². The van der Waals surface area contributed by atoms with E-state index in [-0.39, 0.29) is 11.8 Å². The lowest BCUT2D eigenvalue weighted by Gasteiger charge is -2.20. The molecule has 1 saturated carbocycles.